The van der Waals surface area contributed by atoms with Gasteiger partial charge in [-0.2, -0.15) is 0 Å². The highest BCUT2D eigenvalue weighted by atomic mass is 16.5. The van der Waals surface area contributed by atoms with Crippen LogP contribution in [0.3, 0.4) is 0 Å². The van der Waals surface area contributed by atoms with Crippen molar-refractivity contribution >= 4 is 5.97 Å². The van der Waals surface area contributed by atoms with Crippen LogP contribution in [0.2, 0.25) is 0 Å². The van der Waals surface area contributed by atoms with Crippen molar-refractivity contribution in [3.05, 3.63) is 32.6 Å². The Kier molecular flexibility index (Phi) is 4.05. The molecule has 0 radical (unpaired) electrons. The zero-order chi connectivity index (χ0) is 14.9. The zero-order valence-corrected chi connectivity index (χ0v) is 11.2. The first kappa shape index (κ1) is 14.5. The van der Waals surface area contributed by atoms with Crippen molar-refractivity contribution in [1.29, 1.82) is 0 Å². The lowest BCUT2D eigenvalue weighted by atomic mass is 10.0. The third-order valence-electron chi connectivity index (χ3n) is 3.38. The summed E-state index contributed by atoms with van der Waals surface area (Å²) in [6.07, 6.45) is 0.120. The van der Waals surface area contributed by atoms with E-state index in [0.717, 1.165) is 0 Å². The van der Waals surface area contributed by atoms with E-state index in [1.165, 1.54) is 17.9 Å². The highest BCUT2D eigenvalue weighted by molar-refractivity contribution is 5.73. The van der Waals surface area contributed by atoms with Gasteiger partial charge in [-0.1, -0.05) is 0 Å². The Morgan fingerprint density at radius 2 is 2.30 bits per heavy atom. The normalized spacial score (nSPS) is 25.6. The Morgan fingerprint density at radius 3 is 2.90 bits per heavy atom. The number of nitrogens with one attached hydrogen (secondary N) is 1. The van der Waals surface area contributed by atoms with Gasteiger partial charge in [0, 0.05) is 18.2 Å². The molecule has 1 fully saturated rings. The van der Waals surface area contributed by atoms with E-state index in [-0.39, 0.29) is 13.0 Å². The van der Waals surface area contributed by atoms with E-state index in [1.807, 2.05) is 0 Å². The van der Waals surface area contributed by atoms with Gasteiger partial charge in [-0.15, -0.1) is 0 Å². The van der Waals surface area contributed by atoms with Crippen LogP contribution in [0.5, 0.6) is 0 Å². The minimum atomic E-state index is -0.730. The minimum absolute atomic E-state index is 0.198. The summed E-state index contributed by atoms with van der Waals surface area (Å²) >= 11 is 0. The average molecular weight is 284 g/mol. The number of aromatic nitrogens is 2. The number of carbonyl (C=O) groups excluding carboxylic acids is 1. The number of hydrogen-bond acceptors (Lipinski definition) is 6. The molecule has 110 valence electrons. The standard InChI is InChI=1S/C12H16N2O6/c1-6-4-14(12(18)13-10(6)16)9-3-7(11(17)19-2)8(5-15)20-9/h4,7-9,15H,3,5H2,1-2H3,(H,13,16,18)/t7-,8-,9-/m1/s1. The number of aromatic amines is 1. The summed E-state index contributed by atoms with van der Waals surface area (Å²) in [7, 11) is 1.25. The second kappa shape index (κ2) is 5.59. The van der Waals surface area contributed by atoms with Crippen molar-refractivity contribution in [3.8, 4) is 0 Å². The van der Waals surface area contributed by atoms with E-state index in [4.69, 9.17) is 4.74 Å². The first-order chi connectivity index (χ1) is 9.47. The Labute approximate surface area is 114 Å². The number of nitrogens with zero attached hydrogens (tertiary/aromatic N) is 1. The van der Waals surface area contributed by atoms with Gasteiger partial charge < -0.3 is 14.6 Å². The largest absolute Gasteiger partial charge is 0.469 e. The summed E-state index contributed by atoms with van der Waals surface area (Å²) in [5.74, 6) is -1.14. The molecule has 1 aliphatic heterocycles. The van der Waals surface area contributed by atoms with Crippen molar-refractivity contribution < 1.29 is 19.4 Å². The van der Waals surface area contributed by atoms with Crippen molar-refractivity contribution in [2.24, 2.45) is 5.92 Å². The molecule has 0 bridgehead atoms. The molecule has 1 aromatic rings. The predicted molar refractivity (Wildman–Crippen MR) is 67.2 cm³/mol. The molecule has 1 aromatic heterocycles. The highest BCUT2D eigenvalue weighted by Crippen LogP contribution is 2.33. The van der Waals surface area contributed by atoms with Crippen LogP contribution in [0.1, 0.15) is 18.2 Å². The van der Waals surface area contributed by atoms with E-state index in [9.17, 15) is 19.5 Å². The molecule has 2 rings (SSSR count). The molecule has 1 saturated heterocycles. The number of aryl methyl sites for hydroxylation is 1. The number of ether oxygens (including phenoxy) is 2. The van der Waals surface area contributed by atoms with Gasteiger partial charge in [-0.3, -0.25) is 19.1 Å². The van der Waals surface area contributed by atoms with Crippen LogP contribution in [0.4, 0.5) is 0 Å². The molecule has 0 saturated carbocycles. The lowest BCUT2D eigenvalue weighted by Crippen LogP contribution is -2.33. The van der Waals surface area contributed by atoms with Crippen LogP contribution >= 0.6 is 0 Å². The predicted octanol–water partition coefficient (Wildman–Crippen LogP) is -1.09. The average Bonchev–Trinajstić information content (AvgIpc) is 2.85. The van der Waals surface area contributed by atoms with E-state index in [2.05, 4.69) is 9.72 Å². The molecule has 0 aromatic carbocycles. The maximum absolute atomic E-state index is 11.8. The molecular weight excluding hydrogens is 268 g/mol. The van der Waals surface area contributed by atoms with Gasteiger partial charge in [0.15, 0.2) is 0 Å². The third kappa shape index (κ3) is 2.52. The van der Waals surface area contributed by atoms with Crippen molar-refractivity contribution in [3.63, 3.8) is 0 Å². The second-order valence-electron chi connectivity index (χ2n) is 4.66. The number of rotatable bonds is 3. The molecule has 1 aliphatic rings. The smallest absolute Gasteiger partial charge is 0.330 e. The molecule has 20 heavy (non-hydrogen) atoms. The van der Waals surface area contributed by atoms with Gasteiger partial charge in [0.1, 0.15) is 6.23 Å². The zero-order valence-electron chi connectivity index (χ0n) is 11.2. The lowest BCUT2D eigenvalue weighted by molar-refractivity contribution is -0.148. The van der Waals surface area contributed by atoms with Crippen molar-refractivity contribution in [2.75, 3.05) is 13.7 Å². The van der Waals surface area contributed by atoms with Gasteiger partial charge in [-0.05, 0) is 6.92 Å². The maximum Gasteiger partial charge on any atom is 0.330 e. The molecule has 8 nitrogen and oxygen atoms in total. The van der Waals surface area contributed by atoms with Crippen LogP contribution in [0, 0.1) is 12.8 Å². The fraction of sp³-hybridized carbons (Fsp3) is 0.583. The van der Waals surface area contributed by atoms with Crippen LogP contribution in [-0.2, 0) is 14.3 Å². The fourth-order valence-corrected chi connectivity index (χ4v) is 2.27. The van der Waals surface area contributed by atoms with Crippen LogP contribution in [0.25, 0.3) is 0 Å². The molecule has 8 heteroatoms. The first-order valence-electron chi connectivity index (χ1n) is 6.14. The Bertz CT molecular complexity index is 619. The molecule has 0 spiro atoms. The summed E-state index contributed by atoms with van der Waals surface area (Å²) in [6.45, 7) is 1.21. The summed E-state index contributed by atoms with van der Waals surface area (Å²) in [6, 6.07) is 0. The minimum Gasteiger partial charge on any atom is -0.469 e. The van der Waals surface area contributed by atoms with Crippen LogP contribution in [0.15, 0.2) is 15.8 Å². The van der Waals surface area contributed by atoms with Crippen molar-refractivity contribution in [1.82, 2.24) is 9.55 Å². The van der Waals surface area contributed by atoms with Gasteiger partial charge in [0.05, 0.1) is 25.7 Å². The van der Waals surface area contributed by atoms with Crippen LogP contribution < -0.4 is 11.2 Å². The molecule has 0 unspecified atom stereocenters. The Balaban J connectivity index is 2.32. The van der Waals surface area contributed by atoms with E-state index >= 15 is 0 Å². The number of esters is 1. The Morgan fingerprint density at radius 1 is 1.60 bits per heavy atom. The monoisotopic (exact) mass is 284 g/mol. The quantitative estimate of drug-likeness (QED) is 0.683. The number of aliphatic hydroxyl groups is 1. The fourth-order valence-electron chi connectivity index (χ4n) is 2.27. The van der Waals surface area contributed by atoms with Gasteiger partial charge in [-0.25, -0.2) is 4.79 Å². The molecular formula is C12H16N2O6. The summed E-state index contributed by atoms with van der Waals surface area (Å²) in [4.78, 5) is 36.9. The second-order valence-corrected chi connectivity index (χ2v) is 4.66. The topological polar surface area (TPSA) is 111 Å². The maximum atomic E-state index is 11.8. The highest BCUT2D eigenvalue weighted by Gasteiger charge is 2.41. The number of hydrogen-bond donors (Lipinski definition) is 2. The van der Waals surface area contributed by atoms with Crippen molar-refractivity contribution in [2.45, 2.75) is 25.7 Å². The summed E-state index contributed by atoms with van der Waals surface area (Å²) in [5, 5.41) is 9.24. The number of carbonyl (C=O) groups is 1. The first-order valence-corrected chi connectivity index (χ1v) is 6.14. The molecule has 2 heterocycles. The lowest BCUT2D eigenvalue weighted by Gasteiger charge is -2.15. The summed E-state index contributed by atoms with van der Waals surface area (Å²) in [5.41, 5.74) is -0.726. The summed E-state index contributed by atoms with van der Waals surface area (Å²) < 4.78 is 11.4. The molecule has 3 atom stereocenters. The van der Waals surface area contributed by atoms with E-state index in [0.29, 0.717) is 5.56 Å². The molecule has 0 amide bonds. The third-order valence-corrected chi connectivity index (χ3v) is 3.38. The number of methoxy groups -OCH3 is 1. The van der Waals surface area contributed by atoms with E-state index < -0.39 is 35.5 Å². The SMILES string of the molecule is COC(=O)[C@@H]1C[C@H](n2cc(C)c(=O)[nH]c2=O)O[C@@H]1CO. The van der Waals surface area contributed by atoms with Crippen LogP contribution in [-0.4, -0.2) is 40.4 Å². The molecule has 2 N–H and O–H groups in total. The van der Waals surface area contributed by atoms with Gasteiger partial charge in [0.25, 0.3) is 5.56 Å². The molecule has 0 aliphatic carbocycles. The number of H-pyrrole nitrogens is 1. The number of aliphatic hydroxyl groups excluding tert-OH is 1. The van der Waals surface area contributed by atoms with Gasteiger partial charge >= 0.3 is 11.7 Å². The van der Waals surface area contributed by atoms with E-state index in [1.54, 1.807) is 6.92 Å². The Hall–Kier alpha value is -1.93. The van der Waals surface area contributed by atoms with Gasteiger partial charge in [0.2, 0.25) is 0 Å².